The van der Waals surface area contributed by atoms with E-state index in [2.05, 4.69) is 0 Å². The monoisotopic (exact) mass is 304 g/mol. The average Bonchev–Trinajstić information content (AvgIpc) is 0.811. The summed E-state index contributed by atoms with van der Waals surface area (Å²) in [6.45, 7) is 1.08. The lowest BCUT2D eigenvalue weighted by Crippen LogP contribution is -1.78. The van der Waals surface area contributed by atoms with Crippen molar-refractivity contribution in [2.75, 3.05) is 0 Å². The summed E-state index contributed by atoms with van der Waals surface area (Å²) in [7, 11) is 0. The van der Waals surface area contributed by atoms with Crippen molar-refractivity contribution in [3.8, 4) is 0 Å². The molecule has 0 aromatic rings. The maximum atomic E-state index is 9.00. The molecule has 0 rings (SSSR count). The van der Waals surface area contributed by atoms with Crippen molar-refractivity contribution in [2.45, 2.75) is 6.92 Å². The third kappa shape index (κ3) is 183. The minimum Gasteiger partial charge on any atom is -0.481 e. The molecule has 0 bridgehead atoms. The molecule has 2 nitrogen and oxygen atoms in total. The van der Waals surface area contributed by atoms with Gasteiger partial charge in [0.25, 0.3) is 5.97 Å². The van der Waals surface area contributed by atoms with Crippen molar-refractivity contribution in [1.82, 2.24) is 0 Å². The number of rotatable bonds is 0. The summed E-state index contributed by atoms with van der Waals surface area (Å²) in [6.07, 6.45) is 0. The van der Waals surface area contributed by atoms with Crippen LogP contribution in [-0.2, 0) is 4.79 Å². The fourth-order valence-corrected chi connectivity index (χ4v) is 0. The van der Waals surface area contributed by atoms with Crippen molar-refractivity contribution < 1.29 is 9.90 Å². The van der Waals surface area contributed by atoms with Crippen LogP contribution in [0.1, 0.15) is 6.92 Å². The molecule has 48 valence electrons. The summed E-state index contributed by atoms with van der Waals surface area (Å²) in [5.74, 6) is -0.833. The molecule has 0 heterocycles. The minimum absolute atomic E-state index is 0. The van der Waals surface area contributed by atoms with Crippen LogP contribution in [0.5, 0.6) is 0 Å². The van der Waals surface area contributed by atoms with Gasteiger partial charge in [-0.2, -0.15) is 0 Å². The number of carboxylic acids is 1. The van der Waals surface area contributed by atoms with Crippen molar-refractivity contribution >= 4 is 59.3 Å². The molecule has 0 spiro atoms. The maximum absolute atomic E-state index is 9.00. The molecule has 0 aliphatic heterocycles. The van der Waals surface area contributed by atoms with Crippen LogP contribution in [0.25, 0.3) is 0 Å². The summed E-state index contributed by atoms with van der Waals surface area (Å²) in [6, 6.07) is 0. The normalized spacial score (nSPS) is 3.57. The number of halogens is 3. The average molecular weight is 305 g/mol. The predicted molar refractivity (Wildman–Crippen MR) is 46.3 cm³/mol. The fraction of sp³-hybridized carbons (Fsp3) is 0.500. The van der Waals surface area contributed by atoms with Crippen molar-refractivity contribution in [3.05, 3.63) is 0 Å². The molecule has 0 saturated heterocycles. The van der Waals surface area contributed by atoms with Crippen LogP contribution in [0.2, 0.25) is 0 Å². The molecule has 1 N–H and O–H groups in total. The van der Waals surface area contributed by atoms with Gasteiger partial charge in [-0.25, -0.2) is 0 Å². The largest absolute Gasteiger partial charge is 0.481 e. The van der Waals surface area contributed by atoms with Crippen molar-refractivity contribution in [3.63, 3.8) is 0 Å². The SMILES string of the molecule is Br.CC(=O)O.Cl.I. The van der Waals surface area contributed by atoms with E-state index in [-0.39, 0.29) is 53.4 Å². The van der Waals surface area contributed by atoms with Crippen LogP contribution in [0, 0.1) is 0 Å². The van der Waals surface area contributed by atoms with E-state index in [4.69, 9.17) is 9.90 Å². The Hall–Kier alpha value is 0.970. The predicted octanol–water partition coefficient (Wildman–Crippen LogP) is 1.71. The Kier molecular flexibility index (Phi) is 55.3. The lowest BCUT2D eigenvalue weighted by atomic mass is 10.9. The molecule has 0 fully saturated rings. The van der Waals surface area contributed by atoms with Gasteiger partial charge >= 0.3 is 0 Å². The number of aliphatic carboxylic acids is 1. The topological polar surface area (TPSA) is 37.3 Å². The highest BCUT2D eigenvalue weighted by molar-refractivity contribution is 14.0. The second kappa shape index (κ2) is 15.8. The zero-order valence-corrected chi connectivity index (χ0v) is 8.44. The summed E-state index contributed by atoms with van der Waals surface area (Å²) < 4.78 is 0. The van der Waals surface area contributed by atoms with Crippen LogP contribution < -0.4 is 0 Å². The second-order valence-electron chi connectivity index (χ2n) is 0.519. The summed E-state index contributed by atoms with van der Waals surface area (Å²) in [4.78, 5) is 9.00. The lowest BCUT2D eigenvalue weighted by molar-refractivity contribution is -0.134. The third-order valence-corrected chi connectivity index (χ3v) is 0. The van der Waals surface area contributed by atoms with E-state index in [1.165, 1.54) is 0 Å². The van der Waals surface area contributed by atoms with Crippen LogP contribution in [0.15, 0.2) is 0 Å². The molecule has 0 aliphatic carbocycles. The Bertz CT molecular complexity index is 38.7. The van der Waals surface area contributed by atoms with Gasteiger partial charge in [-0.05, 0) is 0 Å². The number of carboxylic acid groups (broad SMARTS) is 1. The van der Waals surface area contributed by atoms with E-state index in [1.54, 1.807) is 0 Å². The van der Waals surface area contributed by atoms with E-state index in [0.717, 1.165) is 6.92 Å². The highest BCUT2D eigenvalue weighted by atomic mass is 127. The first-order valence-corrected chi connectivity index (χ1v) is 0.928. The van der Waals surface area contributed by atoms with Gasteiger partial charge in [0, 0.05) is 6.92 Å². The summed E-state index contributed by atoms with van der Waals surface area (Å²) in [5.41, 5.74) is 0. The van der Waals surface area contributed by atoms with Gasteiger partial charge in [0.15, 0.2) is 0 Å². The van der Waals surface area contributed by atoms with Gasteiger partial charge in [-0.15, -0.1) is 53.4 Å². The van der Waals surface area contributed by atoms with Crippen molar-refractivity contribution in [2.24, 2.45) is 0 Å². The van der Waals surface area contributed by atoms with Crippen molar-refractivity contribution in [1.29, 1.82) is 0 Å². The van der Waals surface area contributed by atoms with Gasteiger partial charge in [-0.1, -0.05) is 0 Å². The third-order valence-electron chi connectivity index (χ3n) is 0. The number of carbonyl (C=O) groups is 1. The van der Waals surface area contributed by atoms with Gasteiger partial charge in [0.2, 0.25) is 0 Å². The minimum atomic E-state index is -0.833. The summed E-state index contributed by atoms with van der Waals surface area (Å²) in [5, 5.41) is 7.42. The number of hydrogen-bond acceptors (Lipinski definition) is 1. The van der Waals surface area contributed by atoms with Gasteiger partial charge < -0.3 is 5.11 Å². The van der Waals surface area contributed by atoms with E-state index in [9.17, 15) is 0 Å². The zero-order chi connectivity index (χ0) is 3.58. The molecule has 0 aromatic carbocycles. The number of hydrogen-bond donors (Lipinski definition) is 1. The highest BCUT2D eigenvalue weighted by Crippen LogP contribution is 1.42. The molecule has 0 aliphatic rings. The zero-order valence-electron chi connectivity index (χ0n) is 3.58. The molecule has 0 amide bonds. The Morgan fingerprint density at radius 1 is 1.57 bits per heavy atom. The molecule has 0 radical (unpaired) electrons. The van der Waals surface area contributed by atoms with E-state index in [0.29, 0.717) is 0 Å². The molecular weight excluding hydrogens is 298 g/mol. The molecule has 0 atom stereocenters. The van der Waals surface area contributed by atoms with Crippen LogP contribution in [0.4, 0.5) is 0 Å². The molecule has 0 saturated carbocycles. The maximum Gasteiger partial charge on any atom is 0.300 e. The quantitative estimate of drug-likeness (QED) is 0.692. The smallest absolute Gasteiger partial charge is 0.300 e. The molecule has 5 heteroatoms. The highest BCUT2D eigenvalue weighted by Gasteiger charge is 1.65. The Balaban J connectivity index is -0.0000000150. The van der Waals surface area contributed by atoms with E-state index >= 15 is 0 Å². The van der Waals surface area contributed by atoms with Crippen LogP contribution >= 0.6 is 53.4 Å². The summed E-state index contributed by atoms with van der Waals surface area (Å²) >= 11 is 0. The van der Waals surface area contributed by atoms with E-state index < -0.39 is 5.97 Å². The van der Waals surface area contributed by atoms with Gasteiger partial charge in [-0.3, -0.25) is 4.79 Å². The molecule has 0 unspecified atom stereocenters. The second-order valence-corrected chi connectivity index (χ2v) is 0.519. The van der Waals surface area contributed by atoms with Crippen LogP contribution in [0.3, 0.4) is 0 Å². The standard InChI is InChI=1S/C2H4O2.BrH.ClH.HI/c1-2(3)4;;;/h1H3,(H,3,4);3*1H. The first-order chi connectivity index (χ1) is 1.73. The fourth-order valence-electron chi connectivity index (χ4n) is 0. The van der Waals surface area contributed by atoms with E-state index in [1.807, 2.05) is 0 Å². The Morgan fingerprint density at radius 2 is 1.57 bits per heavy atom. The van der Waals surface area contributed by atoms with Crippen LogP contribution in [-0.4, -0.2) is 11.1 Å². The first kappa shape index (κ1) is 24.6. The first-order valence-electron chi connectivity index (χ1n) is 0.928. The lowest BCUT2D eigenvalue weighted by Gasteiger charge is -1.59. The van der Waals surface area contributed by atoms with Gasteiger partial charge in [0.05, 0.1) is 0 Å². The van der Waals surface area contributed by atoms with Gasteiger partial charge in [0.1, 0.15) is 0 Å². The molecule has 7 heavy (non-hydrogen) atoms. The Labute approximate surface area is 75.9 Å². The Morgan fingerprint density at radius 3 is 1.57 bits per heavy atom. The molecule has 0 aromatic heterocycles. The molecular formula is C2H7BrClIO2.